The molecule has 0 aliphatic rings. The van der Waals surface area contributed by atoms with E-state index in [0.29, 0.717) is 10.0 Å². The molecule has 1 N–H and O–H groups in total. The molecule has 6 heteroatoms. The monoisotopic (exact) mass is 457 g/mol. The van der Waals surface area contributed by atoms with Crippen LogP contribution in [0.4, 0.5) is 0 Å². The first-order valence-corrected chi connectivity index (χ1v) is 11.6. The normalized spacial score (nSPS) is 13.8. The van der Waals surface area contributed by atoms with Gasteiger partial charge in [0.2, 0.25) is 10.0 Å². The second-order valence-electron chi connectivity index (χ2n) is 6.72. The molecule has 3 aromatic rings. The smallest absolute Gasteiger partial charge is 0.208 e. The standard InChI is InChI=1S/C24H21Cl2NO2S/c1-2-23(20-9-6-10-22(26)17-20)24(19-11-13-21(25)14-12-19)27-30(28,29)16-15-18-7-4-3-5-8-18/h2-17,23-24,27H,1H2/b16-15+/t23-,24?/m1/s1. The fourth-order valence-corrected chi connectivity index (χ4v) is 4.52. The average molecular weight is 458 g/mol. The first-order chi connectivity index (χ1) is 14.4. The van der Waals surface area contributed by atoms with E-state index in [0.717, 1.165) is 16.7 Å². The molecular formula is C24H21Cl2NO2S. The molecule has 0 amide bonds. The van der Waals surface area contributed by atoms with Crippen LogP contribution in [0, 0.1) is 0 Å². The van der Waals surface area contributed by atoms with E-state index in [4.69, 9.17) is 23.2 Å². The molecule has 0 saturated carbocycles. The number of hydrogen-bond acceptors (Lipinski definition) is 2. The first kappa shape index (κ1) is 22.3. The molecule has 1 unspecified atom stereocenters. The molecule has 154 valence electrons. The van der Waals surface area contributed by atoms with E-state index < -0.39 is 16.1 Å². The maximum atomic E-state index is 12.9. The Hall–Kier alpha value is -2.37. The lowest BCUT2D eigenvalue weighted by Crippen LogP contribution is -2.30. The summed E-state index contributed by atoms with van der Waals surface area (Å²) in [6.07, 6.45) is 3.28. The summed E-state index contributed by atoms with van der Waals surface area (Å²) in [5, 5.41) is 2.31. The predicted molar refractivity (Wildman–Crippen MR) is 126 cm³/mol. The fraction of sp³-hybridized carbons (Fsp3) is 0.0833. The molecule has 0 aromatic heterocycles. The van der Waals surface area contributed by atoms with Crippen LogP contribution in [0.1, 0.15) is 28.7 Å². The van der Waals surface area contributed by atoms with Crippen LogP contribution in [0.5, 0.6) is 0 Å². The summed E-state index contributed by atoms with van der Waals surface area (Å²) in [6.45, 7) is 3.93. The third-order valence-electron chi connectivity index (χ3n) is 4.61. The minimum atomic E-state index is -3.75. The molecule has 0 aliphatic carbocycles. The van der Waals surface area contributed by atoms with E-state index in [2.05, 4.69) is 11.3 Å². The maximum absolute atomic E-state index is 12.9. The topological polar surface area (TPSA) is 46.2 Å². The van der Waals surface area contributed by atoms with Crippen molar-refractivity contribution < 1.29 is 8.42 Å². The van der Waals surface area contributed by atoms with Crippen molar-refractivity contribution >= 4 is 39.3 Å². The quantitative estimate of drug-likeness (QED) is 0.387. The molecule has 30 heavy (non-hydrogen) atoms. The van der Waals surface area contributed by atoms with Gasteiger partial charge in [0.25, 0.3) is 0 Å². The second-order valence-corrected chi connectivity index (χ2v) is 9.19. The summed E-state index contributed by atoms with van der Waals surface area (Å²) in [6, 6.07) is 23.0. The van der Waals surface area contributed by atoms with Crippen molar-refractivity contribution in [3.63, 3.8) is 0 Å². The summed E-state index contributed by atoms with van der Waals surface area (Å²) < 4.78 is 28.6. The number of benzene rings is 3. The summed E-state index contributed by atoms with van der Waals surface area (Å²) in [5.74, 6) is -0.343. The van der Waals surface area contributed by atoms with Gasteiger partial charge in [-0.25, -0.2) is 13.1 Å². The Morgan fingerprint density at radius 2 is 1.53 bits per heavy atom. The van der Waals surface area contributed by atoms with E-state index in [1.54, 1.807) is 42.5 Å². The van der Waals surface area contributed by atoms with Crippen molar-refractivity contribution in [3.05, 3.63) is 124 Å². The average Bonchev–Trinajstić information content (AvgIpc) is 2.74. The van der Waals surface area contributed by atoms with Gasteiger partial charge in [-0.05, 0) is 47.0 Å². The second kappa shape index (κ2) is 10.1. The van der Waals surface area contributed by atoms with Gasteiger partial charge in [-0.2, -0.15) is 0 Å². The summed E-state index contributed by atoms with van der Waals surface area (Å²) in [7, 11) is -3.75. The van der Waals surface area contributed by atoms with Crippen molar-refractivity contribution in [2.75, 3.05) is 0 Å². The number of rotatable bonds is 8. The molecule has 0 radical (unpaired) electrons. The van der Waals surface area contributed by atoms with Gasteiger partial charge < -0.3 is 0 Å². The third kappa shape index (κ3) is 6.07. The highest BCUT2D eigenvalue weighted by atomic mass is 35.5. The minimum Gasteiger partial charge on any atom is -0.208 e. The molecule has 3 nitrogen and oxygen atoms in total. The Morgan fingerprint density at radius 3 is 2.17 bits per heavy atom. The van der Waals surface area contributed by atoms with E-state index >= 15 is 0 Å². The van der Waals surface area contributed by atoms with Crippen LogP contribution < -0.4 is 4.72 Å². The lowest BCUT2D eigenvalue weighted by atomic mass is 9.88. The molecule has 0 heterocycles. The Bertz CT molecular complexity index is 1130. The zero-order valence-electron chi connectivity index (χ0n) is 16.1. The summed E-state index contributed by atoms with van der Waals surface area (Å²) in [5.41, 5.74) is 2.41. The van der Waals surface area contributed by atoms with Crippen LogP contribution >= 0.6 is 23.2 Å². The van der Waals surface area contributed by atoms with Crippen molar-refractivity contribution in [1.82, 2.24) is 4.72 Å². The minimum absolute atomic E-state index is 0.343. The summed E-state index contributed by atoms with van der Waals surface area (Å²) in [4.78, 5) is 0. The lowest BCUT2D eigenvalue weighted by Gasteiger charge is -2.26. The van der Waals surface area contributed by atoms with Gasteiger partial charge in [0, 0.05) is 21.4 Å². The Kier molecular flexibility index (Phi) is 7.51. The van der Waals surface area contributed by atoms with Gasteiger partial charge in [0.1, 0.15) is 0 Å². The summed E-state index contributed by atoms with van der Waals surface area (Å²) >= 11 is 12.2. The molecule has 0 aliphatic heterocycles. The van der Waals surface area contributed by atoms with Crippen LogP contribution in [0.2, 0.25) is 10.0 Å². The zero-order chi connectivity index (χ0) is 21.6. The van der Waals surface area contributed by atoms with Crippen molar-refractivity contribution in [3.8, 4) is 0 Å². The van der Waals surface area contributed by atoms with Crippen LogP contribution in [0.25, 0.3) is 6.08 Å². The van der Waals surface area contributed by atoms with Crippen molar-refractivity contribution in [2.45, 2.75) is 12.0 Å². The molecule has 0 saturated heterocycles. The third-order valence-corrected chi connectivity index (χ3v) is 6.17. The Labute approximate surface area is 187 Å². The first-order valence-electron chi connectivity index (χ1n) is 9.27. The van der Waals surface area contributed by atoms with E-state index in [9.17, 15) is 8.42 Å². The SMILES string of the molecule is C=C[C@H](c1cccc(Cl)c1)C(NS(=O)(=O)/C=C/c1ccccc1)c1ccc(Cl)cc1. The number of sulfonamides is 1. The largest absolute Gasteiger partial charge is 0.234 e. The van der Waals surface area contributed by atoms with Gasteiger partial charge in [0.05, 0.1) is 6.04 Å². The fourth-order valence-electron chi connectivity index (χ4n) is 3.15. The predicted octanol–water partition coefficient (Wildman–Crippen LogP) is 6.59. The van der Waals surface area contributed by atoms with Crippen LogP contribution in [0.3, 0.4) is 0 Å². The van der Waals surface area contributed by atoms with Crippen LogP contribution in [0.15, 0.2) is 96.9 Å². The van der Waals surface area contributed by atoms with E-state index in [1.165, 1.54) is 5.41 Å². The number of halogens is 2. The van der Waals surface area contributed by atoms with Crippen molar-refractivity contribution in [1.29, 1.82) is 0 Å². The number of hydrogen-bond donors (Lipinski definition) is 1. The van der Waals surface area contributed by atoms with Gasteiger partial charge in [0.15, 0.2) is 0 Å². The highest BCUT2D eigenvalue weighted by Crippen LogP contribution is 2.34. The molecular weight excluding hydrogens is 437 g/mol. The Morgan fingerprint density at radius 1 is 0.833 bits per heavy atom. The molecule has 0 bridgehead atoms. The van der Waals surface area contributed by atoms with Gasteiger partial charge in [-0.1, -0.05) is 83.9 Å². The molecule has 0 fully saturated rings. The lowest BCUT2D eigenvalue weighted by molar-refractivity contribution is 0.543. The highest BCUT2D eigenvalue weighted by molar-refractivity contribution is 7.92. The van der Waals surface area contributed by atoms with E-state index in [-0.39, 0.29) is 5.92 Å². The highest BCUT2D eigenvalue weighted by Gasteiger charge is 2.26. The zero-order valence-corrected chi connectivity index (χ0v) is 18.4. The molecule has 2 atom stereocenters. The van der Waals surface area contributed by atoms with Gasteiger partial charge >= 0.3 is 0 Å². The van der Waals surface area contributed by atoms with Gasteiger partial charge in [-0.3, -0.25) is 0 Å². The van der Waals surface area contributed by atoms with Crippen molar-refractivity contribution in [2.24, 2.45) is 0 Å². The van der Waals surface area contributed by atoms with Crippen LogP contribution in [-0.4, -0.2) is 8.42 Å². The molecule has 3 aromatic carbocycles. The van der Waals surface area contributed by atoms with E-state index in [1.807, 2.05) is 48.5 Å². The van der Waals surface area contributed by atoms with Gasteiger partial charge in [-0.15, -0.1) is 6.58 Å². The molecule has 3 rings (SSSR count). The maximum Gasteiger partial charge on any atom is 0.234 e. The number of nitrogens with one attached hydrogen (secondary N) is 1. The molecule has 0 spiro atoms. The van der Waals surface area contributed by atoms with Crippen LogP contribution in [-0.2, 0) is 10.0 Å². The Balaban J connectivity index is 1.97.